The Hall–Kier alpha value is -4.27. The number of nitrogens with zero attached hydrogens (tertiary/aromatic N) is 4. The van der Waals surface area contributed by atoms with Gasteiger partial charge in [0.15, 0.2) is 0 Å². The van der Waals surface area contributed by atoms with Crippen LogP contribution in [0.2, 0.25) is 0 Å². The third-order valence-corrected chi connectivity index (χ3v) is 7.93. The van der Waals surface area contributed by atoms with E-state index in [1.54, 1.807) is 36.7 Å². The summed E-state index contributed by atoms with van der Waals surface area (Å²) in [4.78, 5) is 31.7. The van der Waals surface area contributed by atoms with Crippen LogP contribution in [0.25, 0.3) is 0 Å². The molecule has 190 valence electrons. The van der Waals surface area contributed by atoms with Crippen LogP contribution in [0.1, 0.15) is 16.7 Å². The fraction of sp³-hybridized carbons (Fsp3) is 0.231. The van der Waals surface area contributed by atoms with E-state index in [4.69, 9.17) is 5.26 Å². The number of nitriles is 1. The highest BCUT2D eigenvalue weighted by Gasteiger charge is 2.41. The Morgan fingerprint density at radius 3 is 2.46 bits per heavy atom. The maximum atomic E-state index is 13.5. The molecule has 0 radical (unpaired) electrons. The quantitative estimate of drug-likeness (QED) is 0.515. The average molecular weight is 519 g/mol. The molecular formula is C26H26N6O4S. The Kier molecular flexibility index (Phi) is 7.81. The SMILES string of the molecule is Cc1ccc(NC(=O)N2CCN(S(=O)(=O)c3ccc(C#N)cc3)C(C(=O)NCc3cccnc3)C2)cc1. The highest BCUT2D eigenvalue weighted by atomic mass is 32.2. The number of carbonyl (C=O) groups excluding carboxylic acids is 2. The Morgan fingerprint density at radius 1 is 1.08 bits per heavy atom. The molecule has 0 spiro atoms. The summed E-state index contributed by atoms with van der Waals surface area (Å²) < 4.78 is 28.1. The van der Waals surface area contributed by atoms with E-state index in [0.717, 1.165) is 15.4 Å². The molecule has 1 atom stereocenters. The average Bonchev–Trinajstić information content (AvgIpc) is 2.93. The number of anilines is 1. The van der Waals surface area contributed by atoms with E-state index in [-0.39, 0.29) is 31.1 Å². The molecule has 1 saturated heterocycles. The van der Waals surface area contributed by atoms with Crippen LogP contribution in [0.5, 0.6) is 0 Å². The van der Waals surface area contributed by atoms with Gasteiger partial charge < -0.3 is 15.5 Å². The van der Waals surface area contributed by atoms with Gasteiger partial charge in [-0.15, -0.1) is 0 Å². The van der Waals surface area contributed by atoms with Crippen LogP contribution in [0, 0.1) is 18.3 Å². The molecule has 37 heavy (non-hydrogen) atoms. The van der Waals surface area contributed by atoms with E-state index in [1.165, 1.54) is 29.2 Å². The molecule has 2 N–H and O–H groups in total. The Balaban J connectivity index is 1.56. The monoisotopic (exact) mass is 518 g/mol. The van der Waals surface area contributed by atoms with Gasteiger partial charge in [-0.1, -0.05) is 23.8 Å². The predicted octanol–water partition coefficient (Wildman–Crippen LogP) is 2.49. The van der Waals surface area contributed by atoms with Crippen LogP contribution >= 0.6 is 0 Å². The lowest BCUT2D eigenvalue weighted by atomic mass is 10.2. The van der Waals surface area contributed by atoms with Crippen molar-refractivity contribution < 1.29 is 18.0 Å². The van der Waals surface area contributed by atoms with Gasteiger partial charge in [-0.25, -0.2) is 13.2 Å². The minimum Gasteiger partial charge on any atom is -0.351 e. The summed E-state index contributed by atoms with van der Waals surface area (Å²) in [6, 6.07) is 16.7. The molecule has 2 heterocycles. The molecular weight excluding hydrogens is 492 g/mol. The summed E-state index contributed by atoms with van der Waals surface area (Å²) in [5.74, 6) is -0.533. The standard InChI is InChI=1S/C26H26N6O4S/c1-19-4-8-22(9-5-19)30-26(34)31-13-14-32(37(35,36)23-10-6-20(15-27)7-11-23)24(18-31)25(33)29-17-21-3-2-12-28-16-21/h2-12,16,24H,13-14,17-18H2,1H3,(H,29,33)(H,30,34). The van der Waals surface area contributed by atoms with Gasteiger partial charge in [0, 0.05) is 44.3 Å². The molecule has 0 bridgehead atoms. The molecule has 11 heteroatoms. The van der Waals surface area contributed by atoms with E-state index in [1.807, 2.05) is 25.1 Å². The summed E-state index contributed by atoms with van der Waals surface area (Å²) in [5.41, 5.74) is 2.72. The first-order chi connectivity index (χ1) is 17.8. The number of piperazine rings is 1. The lowest BCUT2D eigenvalue weighted by molar-refractivity contribution is -0.126. The molecule has 3 aromatic rings. The van der Waals surface area contributed by atoms with Crippen molar-refractivity contribution in [3.63, 3.8) is 0 Å². The topological polar surface area (TPSA) is 136 Å². The van der Waals surface area contributed by atoms with E-state index >= 15 is 0 Å². The number of aryl methyl sites for hydroxylation is 1. The number of aromatic nitrogens is 1. The molecule has 3 amide bonds. The normalized spacial score (nSPS) is 16.0. The number of carbonyl (C=O) groups is 2. The summed E-state index contributed by atoms with van der Waals surface area (Å²) >= 11 is 0. The number of pyridine rings is 1. The highest BCUT2D eigenvalue weighted by molar-refractivity contribution is 7.89. The fourth-order valence-electron chi connectivity index (χ4n) is 3.94. The van der Waals surface area contributed by atoms with Crippen molar-refractivity contribution in [3.8, 4) is 6.07 Å². The van der Waals surface area contributed by atoms with Gasteiger partial charge in [0.25, 0.3) is 0 Å². The molecule has 4 rings (SSSR count). The second-order valence-electron chi connectivity index (χ2n) is 8.59. The largest absolute Gasteiger partial charge is 0.351 e. The molecule has 1 aromatic heterocycles. The van der Waals surface area contributed by atoms with Crippen molar-refractivity contribution >= 4 is 27.6 Å². The van der Waals surface area contributed by atoms with Crippen LogP contribution in [0.3, 0.4) is 0 Å². The second kappa shape index (κ2) is 11.2. The smallest absolute Gasteiger partial charge is 0.321 e. The highest BCUT2D eigenvalue weighted by Crippen LogP contribution is 2.23. The maximum absolute atomic E-state index is 13.5. The zero-order valence-corrected chi connectivity index (χ0v) is 21.0. The number of nitrogens with one attached hydrogen (secondary N) is 2. The first-order valence-corrected chi connectivity index (χ1v) is 13.0. The van der Waals surface area contributed by atoms with Crippen molar-refractivity contribution in [2.45, 2.75) is 24.4 Å². The number of hydrogen-bond acceptors (Lipinski definition) is 6. The number of rotatable bonds is 6. The summed E-state index contributed by atoms with van der Waals surface area (Å²) in [6.45, 7) is 1.98. The fourth-order valence-corrected chi connectivity index (χ4v) is 5.51. The number of urea groups is 1. The minimum absolute atomic E-state index is 0.0332. The van der Waals surface area contributed by atoms with Crippen molar-refractivity contribution in [2.75, 3.05) is 25.0 Å². The van der Waals surface area contributed by atoms with Gasteiger partial charge in [0.05, 0.1) is 16.5 Å². The second-order valence-corrected chi connectivity index (χ2v) is 10.5. The molecule has 1 unspecified atom stereocenters. The van der Waals surface area contributed by atoms with Gasteiger partial charge >= 0.3 is 6.03 Å². The lowest BCUT2D eigenvalue weighted by Gasteiger charge is -2.39. The number of hydrogen-bond donors (Lipinski definition) is 2. The van der Waals surface area contributed by atoms with Crippen LogP contribution in [-0.4, -0.2) is 60.2 Å². The number of amides is 3. The predicted molar refractivity (Wildman–Crippen MR) is 137 cm³/mol. The van der Waals surface area contributed by atoms with Crippen LogP contribution in [-0.2, 0) is 21.4 Å². The van der Waals surface area contributed by atoms with Gasteiger partial charge in [-0.2, -0.15) is 9.57 Å². The van der Waals surface area contributed by atoms with Gasteiger partial charge in [0.1, 0.15) is 6.04 Å². The van der Waals surface area contributed by atoms with E-state index in [9.17, 15) is 18.0 Å². The molecule has 1 aliphatic heterocycles. The van der Waals surface area contributed by atoms with Crippen molar-refractivity contribution in [3.05, 3.63) is 89.7 Å². The first-order valence-electron chi connectivity index (χ1n) is 11.6. The number of benzene rings is 2. The Bertz CT molecular complexity index is 1400. The van der Waals surface area contributed by atoms with E-state index < -0.39 is 28.0 Å². The van der Waals surface area contributed by atoms with Gasteiger partial charge in [-0.3, -0.25) is 9.78 Å². The third-order valence-electron chi connectivity index (χ3n) is 6.00. The van der Waals surface area contributed by atoms with Crippen molar-refractivity contribution in [2.24, 2.45) is 0 Å². The summed E-state index contributed by atoms with van der Waals surface area (Å²) in [7, 11) is -4.08. The molecule has 1 fully saturated rings. The van der Waals surface area contributed by atoms with Crippen molar-refractivity contribution in [1.82, 2.24) is 19.5 Å². The summed E-state index contributed by atoms with van der Waals surface area (Å²) in [6.07, 6.45) is 3.22. The van der Waals surface area contributed by atoms with Crippen molar-refractivity contribution in [1.29, 1.82) is 5.26 Å². The first kappa shape index (κ1) is 25.8. The van der Waals surface area contributed by atoms with E-state index in [0.29, 0.717) is 11.3 Å². The molecule has 10 nitrogen and oxygen atoms in total. The van der Waals surface area contributed by atoms with E-state index in [2.05, 4.69) is 15.6 Å². The third kappa shape index (κ3) is 6.11. The molecule has 2 aromatic carbocycles. The summed E-state index contributed by atoms with van der Waals surface area (Å²) in [5, 5.41) is 14.6. The molecule has 0 saturated carbocycles. The van der Waals surface area contributed by atoms with Gasteiger partial charge in [0.2, 0.25) is 15.9 Å². The minimum atomic E-state index is -4.08. The Morgan fingerprint density at radius 2 is 1.81 bits per heavy atom. The number of sulfonamides is 1. The van der Waals surface area contributed by atoms with Crippen LogP contribution < -0.4 is 10.6 Å². The van der Waals surface area contributed by atoms with Crippen LogP contribution in [0.4, 0.5) is 10.5 Å². The zero-order valence-electron chi connectivity index (χ0n) is 20.2. The molecule has 0 aliphatic carbocycles. The Labute approximate surface area is 215 Å². The van der Waals surface area contributed by atoms with Gasteiger partial charge in [-0.05, 0) is 55.0 Å². The maximum Gasteiger partial charge on any atom is 0.321 e. The molecule has 1 aliphatic rings. The lowest BCUT2D eigenvalue weighted by Crippen LogP contribution is -2.61. The zero-order chi connectivity index (χ0) is 26.4. The van der Waals surface area contributed by atoms with Crippen LogP contribution in [0.15, 0.2) is 78.0 Å².